The lowest BCUT2D eigenvalue weighted by molar-refractivity contribution is 0.375. The maximum absolute atomic E-state index is 13.9. The summed E-state index contributed by atoms with van der Waals surface area (Å²) in [5.41, 5.74) is 0.442. The molecule has 2 N–H and O–H groups in total. The highest BCUT2D eigenvalue weighted by atomic mass is 32.2. The van der Waals surface area contributed by atoms with Crippen LogP contribution in [0.25, 0.3) is 0 Å². The van der Waals surface area contributed by atoms with Crippen molar-refractivity contribution in [2.24, 2.45) is 0 Å². The summed E-state index contributed by atoms with van der Waals surface area (Å²) in [5, 5.41) is 3.01. The van der Waals surface area contributed by atoms with Gasteiger partial charge in [0.05, 0.1) is 0 Å². The van der Waals surface area contributed by atoms with Gasteiger partial charge >= 0.3 is 0 Å². The first-order chi connectivity index (χ1) is 12.3. The molecule has 0 aromatic heterocycles. The Balaban J connectivity index is 1.89. The Morgan fingerprint density at radius 3 is 2.42 bits per heavy atom. The molecular formula is C17H16F4N2O2S. The molecule has 1 heterocycles. The van der Waals surface area contributed by atoms with Gasteiger partial charge in [-0.05, 0) is 42.8 Å². The molecule has 2 atom stereocenters. The molecule has 140 valence electrons. The van der Waals surface area contributed by atoms with Crippen LogP contribution in [-0.4, -0.2) is 27.5 Å². The summed E-state index contributed by atoms with van der Waals surface area (Å²) in [5.74, 6) is -4.53. The SMILES string of the molecule is O=S(=O)(NC1CNCCC1c1ccc(F)c(F)c1)c1ccc(F)cc1F. The molecule has 4 nitrogen and oxygen atoms in total. The Labute approximate surface area is 148 Å². The Kier molecular flexibility index (Phi) is 5.31. The first-order valence-electron chi connectivity index (χ1n) is 7.91. The number of halogens is 4. The standard InChI is InChI=1S/C17H16F4N2O2S/c18-11-2-4-17(15(21)8-11)26(24,25)23-16-9-22-6-5-12(16)10-1-3-13(19)14(20)7-10/h1-4,7-8,12,16,22-23H,5-6,9H2. The zero-order valence-electron chi connectivity index (χ0n) is 13.5. The normalized spacial score (nSPS) is 20.9. The van der Waals surface area contributed by atoms with Crippen molar-refractivity contribution in [1.82, 2.24) is 10.0 Å². The van der Waals surface area contributed by atoms with Crippen LogP contribution in [-0.2, 0) is 10.0 Å². The fourth-order valence-corrected chi connectivity index (χ4v) is 4.42. The minimum atomic E-state index is -4.27. The van der Waals surface area contributed by atoms with Gasteiger partial charge in [0.25, 0.3) is 0 Å². The van der Waals surface area contributed by atoms with Crippen LogP contribution in [0.15, 0.2) is 41.3 Å². The third-order valence-corrected chi connectivity index (χ3v) is 5.87. The van der Waals surface area contributed by atoms with Crippen LogP contribution in [0.2, 0.25) is 0 Å². The van der Waals surface area contributed by atoms with E-state index in [0.29, 0.717) is 24.6 Å². The molecule has 2 aromatic rings. The van der Waals surface area contributed by atoms with Crippen molar-refractivity contribution in [2.75, 3.05) is 13.1 Å². The molecule has 2 aromatic carbocycles. The predicted molar refractivity (Wildman–Crippen MR) is 87.1 cm³/mol. The van der Waals surface area contributed by atoms with Crippen LogP contribution < -0.4 is 10.0 Å². The lowest BCUT2D eigenvalue weighted by Gasteiger charge is -2.33. The van der Waals surface area contributed by atoms with Crippen LogP contribution >= 0.6 is 0 Å². The van der Waals surface area contributed by atoms with Gasteiger partial charge in [0, 0.05) is 24.6 Å². The number of nitrogens with one attached hydrogen (secondary N) is 2. The topological polar surface area (TPSA) is 58.2 Å². The molecule has 3 rings (SSSR count). The van der Waals surface area contributed by atoms with E-state index >= 15 is 0 Å². The number of benzene rings is 2. The molecule has 1 fully saturated rings. The van der Waals surface area contributed by atoms with Gasteiger partial charge in [0.2, 0.25) is 10.0 Å². The summed E-state index contributed by atoms with van der Waals surface area (Å²) in [4.78, 5) is -0.673. The van der Waals surface area contributed by atoms with Gasteiger partial charge in [-0.3, -0.25) is 0 Å². The second-order valence-corrected chi connectivity index (χ2v) is 7.76. The molecule has 0 saturated carbocycles. The molecule has 0 aliphatic carbocycles. The van der Waals surface area contributed by atoms with Gasteiger partial charge in [-0.15, -0.1) is 0 Å². The summed E-state index contributed by atoms with van der Waals surface area (Å²) in [7, 11) is -4.27. The lowest BCUT2D eigenvalue weighted by atomic mass is 9.86. The zero-order valence-corrected chi connectivity index (χ0v) is 14.3. The molecule has 2 unspecified atom stereocenters. The average Bonchev–Trinajstić information content (AvgIpc) is 2.57. The van der Waals surface area contributed by atoms with Gasteiger partial charge in [0.15, 0.2) is 11.6 Å². The van der Waals surface area contributed by atoms with Gasteiger partial charge < -0.3 is 5.32 Å². The van der Waals surface area contributed by atoms with E-state index in [-0.39, 0.29) is 6.54 Å². The molecular weight excluding hydrogens is 372 g/mol. The second-order valence-electron chi connectivity index (χ2n) is 6.08. The molecule has 0 spiro atoms. The molecule has 1 saturated heterocycles. The number of hydrogen-bond donors (Lipinski definition) is 2. The van der Waals surface area contributed by atoms with Crippen LogP contribution in [0, 0.1) is 23.3 Å². The van der Waals surface area contributed by atoms with Crippen molar-refractivity contribution < 1.29 is 26.0 Å². The van der Waals surface area contributed by atoms with Gasteiger partial charge in [-0.1, -0.05) is 6.07 Å². The Hall–Kier alpha value is -1.97. The van der Waals surface area contributed by atoms with Gasteiger partial charge in [-0.25, -0.2) is 30.7 Å². The largest absolute Gasteiger partial charge is 0.315 e. The molecule has 0 bridgehead atoms. The first kappa shape index (κ1) is 18.8. The van der Waals surface area contributed by atoms with E-state index in [0.717, 1.165) is 24.3 Å². The summed E-state index contributed by atoms with van der Waals surface area (Å²) in [6.45, 7) is 0.790. The second kappa shape index (κ2) is 7.34. The molecule has 1 aliphatic rings. The summed E-state index contributed by atoms with van der Waals surface area (Å²) >= 11 is 0. The van der Waals surface area contributed by atoms with E-state index in [4.69, 9.17) is 0 Å². The van der Waals surface area contributed by atoms with E-state index in [9.17, 15) is 26.0 Å². The van der Waals surface area contributed by atoms with Crippen molar-refractivity contribution in [2.45, 2.75) is 23.3 Å². The third kappa shape index (κ3) is 3.89. The fourth-order valence-electron chi connectivity index (χ4n) is 3.08. The highest BCUT2D eigenvalue weighted by Gasteiger charge is 2.32. The number of sulfonamides is 1. The minimum Gasteiger partial charge on any atom is -0.315 e. The maximum Gasteiger partial charge on any atom is 0.243 e. The van der Waals surface area contributed by atoms with Crippen molar-refractivity contribution in [3.8, 4) is 0 Å². The van der Waals surface area contributed by atoms with E-state index in [1.165, 1.54) is 6.07 Å². The quantitative estimate of drug-likeness (QED) is 0.792. The zero-order chi connectivity index (χ0) is 18.9. The molecule has 9 heteroatoms. The van der Waals surface area contributed by atoms with Crippen LogP contribution in [0.1, 0.15) is 17.9 Å². The summed E-state index contributed by atoms with van der Waals surface area (Å²) < 4.78 is 80.9. The summed E-state index contributed by atoms with van der Waals surface area (Å²) in [6, 6.07) is 4.89. The van der Waals surface area contributed by atoms with Crippen molar-refractivity contribution >= 4 is 10.0 Å². The monoisotopic (exact) mass is 388 g/mol. The molecule has 0 amide bonds. The first-order valence-corrected chi connectivity index (χ1v) is 9.39. The average molecular weight is 388 g/mol. The minimum absolute atomic E-state index is 0.228. The fraction of sp³-hybridized carbons (Fsp3) is 0.294. The van der Waals surface area contributed by atoms with E-state index in [2.05, 4.69) is 10.0 Å². The van der Waals surface area contributed by atoms with Crippen molar-refractivity contribution in [3.63, 3.8) is 0 Å². The Morgan fingerprint density at radius 2 is 1.73 bits per heavy atom. The molecule has 26 heavy (non-hydrogen) atoms. The highest BCUT2D eigenvalue weighted by molar-refractivity contribution is 7.89. The van der Waals surface area contributed by atoms with Crippen LogP contribution in [0.3, 0.4) is 0 Å². The molecule has 1 aliphatic heterocycles. The highest BCUT2D eigenvalue weighted by Crippen LogP contribution is 2.28. The number of rotatable bonds is 4. The summed E-state index contributed by atoms with van der Waals surface area (Å²) in [6.07, 6.45) is 0.476. The Bertz CT molecular complexity index is 921. The van der Waals surface area contributed by atoms with Crippen molar-refractivity contribution in [1.29, 1.82) is 0 Å². The van der Waals surface area contributed by atoms with Gasteiger partial charge in [-0.2, -0.15) is 0 Å². The lowest BCUT2D eigenvalue weighted by Crippen LogP contribution is -2.50. The third-order valence-electron chi connectivity index (χ3n) is 4.34. The van der Waals surface area contributed by atoms with Crippen LogP contribution in [0.5, 0.6) is 0 Å². The van der Waals surface area contributed by atoms with Crippen molar-refractivity contribution in [3.05, 3.63) is 65.2 Å². The van der Waals surface area contributed by atoms with Gasteiger partial charge in [0.1, 0.15) is 16.5 Å². The Morgan fingerprint density at radius 1 is 0.962 bits per heavy atom. The number of piperidine rings is 1. The van der Waals surface area contributed by atoms with Crippen LogP contribution in [0.4, 0.5) is 17.6 Å². The van der Waals surface area contributed by atoms with E-state index in [1.807, 2.05) is 0 Å². The van der Waals surface area contributed by atoms with E-state index in [1.54, 1.807) is 0 Å². The van der Waals surface area contributed by atoms with E-state index < -0.39 is 50.1 Å². The number of hydrogen-bond acceptors (Lipinski definition) is 3. The predicted octanol–water partition coefficient (Wildman–Crippen LogP) is 2.67. The smallest absolute Gasteiger partial charge is 0.243 e. The molecule has 0 radical (unpaired) electrons. The maximum atomic E-state index is 13.9.